The summed E-state index contributed by atoms with van der Waals surface area (Å²) >= 11 is 0. The average Bonchev–Trinajstić information content (AvgIpc) is 2.87. The maximum Gasteiger partial charge on any atom is 0.304 e. The van der Waals surface area contributed by atoms with Crippen molar-refractivity contribution in [1.82, 2.24) is 4.98 Å². The smallest absolute Gasteiger partial charge is 0.304 e. The summed E-state index contributed by atoms with van der Waals surface area (Å²) in [5.74, 6) is -0.952. The third kappa shape index (κ3) is 5.34. The summed E-state index contributed by atoms with van der Waals surface area (Å²) in [6, 6.07) is 19.6. The molecule has 1 aliphatic rings. The Morgan fingerprint density at radius 1 is 0.857 bits per heavy atom. The van der Waals surface area contributed by atoms with Gasteiger partial charge in [0.2, 0.25) is 0 Å². The molecule has 4 rings (SSSR count). The molecule has 0 radical (unpaired) electrons. The summed E-state index contributed by atoms with van der Waals surface area (Å²) < 4.78 is 0. The Hall–Kier alpha value is -2.94. The number of hydrogen-bond acceptors (Lipinski definition) is 2. The number of aliphatic carboxylic acids is 1. The van der Waals surface area contributed by atoms with E-state index in [-0.39, 0.29) is 17.8 Å². The lowest BCUT2D eigenvalue weighted by Gasteiger charge is -2.45. The fourth-order valence-corrected chi connectivity index (χ4v) is 5.99. The number of carboxylic acids is 1. The number of aromatic nitrogens is 1. The van der Waals surface area contributed by atoms with Gasteiger partial charge in [0.1, 0.15) is 0 Å². The molecule has 1 N–H and O–H groups in total. The molecular weight excluding hydrogens is 430 g/mol. The quantitative estimate of drug-likeness (QED) is 0.351. The topological polar surface area (TPSA) is 50.2 Å². The van der Waals surface area contributed by atoms with E-state index in [1.807, 2.05) is 12.1 Å². The number of rotatable bonds is 9. The molecule has 0 bridgehead atoms. The van der Waals surface area contributed by atoms with Gasteiger partial charge in [-0.05, 0) is 94.9 Å². The molecule has 1 aliphatic carbocycles. The van der Waals surface area contributed by atoms with Gasteiger partial charge in [0.05, 0.1) is 6.42 Å². The Bertz CT molecular complexity index is 1140. The monoisotopic (exact) mass is 469 g/mol. The van der Waals surface area contributed by atoms with Crippen LogP contribution in [0.25, 0.3) is 0 Å². The second-order valence-electron chi connectivity index (χ2n) is 10.9. The molecule has 1 heterocycles. The van der Waals surface area contributed by atoms with E-state index in [0.29, 0.717) is 5.41 Å². The third-order valence-electron chi connectivity index (χ3n) is 8.54. The molecule has 3 heteroatoms. The van der Waals surface area contributed by atoms with E-state index in [9.17, 15) is 9.90 Å². The average molecular weight is 470 g/mol. The number of carbonyl (C=O) groups is 1. The molecule has 1 atom stereocenters. The number of benzene rings is 2. The lowest BCUT2D eigenvalue weighted by Crippen LogP contribution is -2.37. The molecule has 1 aromatic heterocycles. The summed E-state index contributed by atoms with van der Waals surface area (Å²) in [4.78, 5) is 15.6. The molecule has 1 unspecified atom stereocenters. The predicted octanol–water partition coefficient (Wildman–Crippen LogP) is 7.60. The first-order valence-corrected chi connectivity index (χ1v) is 13.1. The van der Waals surface area contributed by atoms with Crippen LogP contribution in [0.5, 0.6) is 0 Å². The van der Waals surface area contributed by atoms with E-state index in [2.05, 4.69) is 75.1 Å². The Labute approximate surface area is 210 Å². The van der Waals surface area contributed by atoms with E-state index in [4.69, 9.17) is 0 Å². The zero-order valence-corrected chi connectivity index (χ0v) is 21.7. The molecule has 0 amide bonds. The van der Waals surface area contributed by atoms with Crippen LogP contribution in [0.3, 0.4) is 0 Å². The van der Waals surface area contributed by atoms with Crippen molar-refractivity contribution in [2.75, 3.05) is 0 Å². The Balaban J connectivity index is 1.52. The number of aryl methyl sites for hydroxylation is 2. The summed E-state index contributed by atoms with van der Waals surface area (Å²) in [6.45, 7) is 9.49. The van der Waals surface area contributed by atoms with Crippen molar-refractivity contribution >= 4 is 5.97 Å². The first-order chi connectivity index (χ1) is 16.8. The summed E-state index contributed by atoms with van der Waals surface area (Å²) in [5.41, 5.74) is 8.41. The van der Waals surface area contributed by atoms with Crippen molar-refractivity contribution in [3.63, 3.8) is 0 Å². The normalized spacial score (nSPS) is 16.9. The summed E-state index contributed by atoms with van der Waals surface area (Å²) in [7, 11) is 0. The van der Waals surface area contributed by atoms with Crippen LogP contribution in [0.1, 0.15) is 99.1 Å². The molecule has 35 heavy (non-hydrogen) atoms. The van der Waals surface area contributed by atoms with Crippen molar-refractivity contribution in [1.29, 1.82) is 0 Å². The van der Waals surface area contributed by atoms with Crippen molar-refractivity contribution in [3.8, 4) is 0 Å². The Kier molecular flexibility index (Phi) is 7.44. The number of nitrogens with zero attached hydrogens (tertiary/aromatic N) is 1. The van der Waals surface area contributed by atoms with Crippen LogP contribution in [0.15, 0.2) is 67.0 Å². The van der Waals surface area contributed by atoms with Gasteiger partial charge in [-0.25, -0.2) is 0 Å². The number of fused-ring (bicyclic) bond motifs is 1. The van der Waals surface area contributed by atoms with Crippen LogP contribution in [-0.2, 0) is 28.5 Å². The number of carboxylic acid groups (broad SMARTS) is 1. The Morgan fingerprint density at radius 2 is 1.46 bits per heavy atom. The highest BCUT2D eigenvalue weighted by atomic mass is 16.4. The van der Waals surface area contributed by atoms with Gasteiger partial charge in [-0.3, -0.25) is 9.78 Å². The molecule has 0 fully saturated rings. The zero-order valence-electron chi connectivity index (χ0n) is 21.7. The fourth-order valence-electron chi connectivity index (χ4n) is 5.99. The minimum atomic E-state index is -0.790. The number of hydrogen-bond donors (Lipinski definition) is 1. The van der Waals surface area contributed by atoms with Gasteiger partial charge in [-0.1, -0.05) is 70.2 Å². The van der Waals surface area contributed by atoms with Gasteiger partial charge < -0.3 is 5.11 Å². The van der Waals surface area contributed by atoms with Gasteiger partial charge >= 0.3 is 5.97 Å². The number of pyridine rings is 1. The maximum atomic E-state index is 11.5. The molecule has 0 saturated heterocycles. The van der Waals surface area contributed by atoms with Crippen molar-refractivity contribution in [2.45, 2.75) is 89.4 Å². The largest absolute Gasteiger partial charge is 0.481 e. The van der Waals surface area contributed by atoms with Gasteiger partial charge in [-0.2, -0.15) is 0 Å². The van der Waals surface area contributed by atoms with Crippen molar-refractivity contribution in [3.05, 3.63) is 100 Å². The van der Waals surface area contributed by atoms with E-state index in [1.165, 1.54) is 36.8 Å². The van der Waals surface area contributed by atoms with Gasteiger partial charge in [0, 0.05) is 18.3 Å². The van der Waals surface area contributed by atoms with Crippen LogP contribution in [0.2, 0.25) is 0 Å². The lowest BCUT2D eigenvalue weighted by atomic mass is 9.59. The third-order valence-corrected chi connectivity index (χ3v) is 8.54. The van der Waals surface area contributed by atoms with Crippen LogP contribution >= 0.6 is 0 Å². The first-order valence-electron chi connectivity index (χ1n) is 13.1. The SMILES string of the molecule is CCC1(CC)CCC(C)(C)c2ccc(CCc3ccc(C(CC(=O)O)c4ccncc4)cc3)cc21. The fraction of sp³-hybridized carbons (Fsp3) is 0.438. The van der Waals surface area contributed by atoms with E-state index < -0.39 is 5.97 Å². The molecule has 2 aromatic carbocycles. The second kappa shape index (κ2) is 10.4. The van der Waals surface area contributed by atoms with Crippen LogP contribution in [-0.4, -0.2) is 16.1 Å². The molecule has 0 spiro atoms. The summed E-state index contributed by atoms with van der Waals surface area (Å²) in [6.07, 6.45) is 10.5. The maximum absolute atomic E-state index is 11.5. The van der Waals surface area contributed by atoms with E-state index in [0.717, 1.165) is 24.0 Å². The minimum absolute atomic E-state index is 0.0748. The second-order valence-corrected chi connectivity index (χ2v) is 10.9. The summed E-state index contributed by atoms with van der Waals surface area (Å²) in [5, 5.41) is 9.44. The van der Waals surface area contributed by atoms with Crippen LogP contribution in [0, 0.1) is 0 Å². The molecule has 3 aromatic rings. The lowest BCUT2D eigenvalue weighted by molar-refractivity contribution is -0.137. The zero-order chi connectivity index (χ0) is 25.1. The van der Waals surface area contributed by atoms with Gasteiger partial charge in [0.25, 0.3) is 0 Å². The van der Waals surface area contributed by atoms with Crippen LogP contribution in [0.4, 0.5) is 0 Å². The highest BCUT2D eigenvalue weighted by Crippen LogP contribution is 2.49. The molecular formula is C32H39NO2. The van der Waals surface area contributed by atoms with E-state index in [1.54, 1.807) is 23.5 Å². The van der Waals surface area contributed by atoms with Crippen molar-refractivity contribution in [2.24, 2.45) is 0 Å². The van der Waals surface area contributed by atoms with Gasteiger partial charge in [-0.15, -0.1) is 0 Å². The van der Waals surface area contributed by atoms with Gasteiger partial charge in [0.15, 0.2) is 0 Å². The minimum Gasteiger partial charge on any atom is -0.481 e. The van der Waals surface area contributed by atoms with E-state index >= 15 is 0 Å². The van der Waals surface area contributed by atoms with Crippen LogP contribution < -0.4 is 0 Å². The molecule has 0 aliphatic heterocycles. The Morgan fingerprint density at radius 3 is 2.09 bits per heavy atom. The standard InChI is InChI=1S/C32H39NO2/c1-5-32(6-2)18-17-31(3,4)28-14-11-24(21-29(28)32)8-7-23-9-12-25(13-10-23)27(22-30(34)35)26-15-19-33-20-16-26/h9-16,19-21,27H,5-8,17-18,22H2,1-4H3,(H,34,35). The molecule has 0 saturated carbocycles. The highest BCUT2D eigenvalue weighted by Gasteiger charge is 2.40. The molecule has 3 nitrogen and oxygen atoms in total. The highest BCUT2D eigenvalue weighted by molar-refractivity contribution is 5.69. The molecule has 184 valence electrons. The van der Waals surface area contributed by atoms with Crippen molar-refractivity contribution < 1.29 is 9.90 Å². The predicted molar refractivity (Wildman–Crippen MR) is 143 cm³/mol. The first kappa shape index (κ1) is 25.2.